The Morgan fingerprint density at radius 3 is 2.61 bits per heavy atom. The van der Waals surface area contributed by atoms with Crippen molar-refractivity contribution < 1.29 is 13.2 Å². The lowest BCUT2D eigenvalue weighted by Gasteiger charge is -2.21. The molecule has 1 unspecified atom stereocenters. The van der Waals surface area contributed by atoms with Gasteiger partial charge in [0.15, 0.2) is 0 Å². The molecule has 0 aliphatic carbocycles. The summed E-state index contributed by atoms with van der Waals surface area (Å²) in [5.41, 5.74) is 1.11. The van der Waals surface area contributed by atoms with Crippen molar-refractivity contribution in [2.45, 2.75) is 6.92 Å². The summed E-state index contributed by atoms with van der Waals surface area (Å²) >= 11 is 3.71. The van der Waals surface area contributed by atoms with Crippen LogP contribution in [0.15, 0.2) is 36.5 Å². The average Bonchev–Trinajstić information content (AvgIpc) is 2.55. The zero-order chi connectivity index (χ0) is 17.0. The third kappa shape index (κ3) is 3.74. The molecule has 1 aromatic heterocycles. The lowest BCUT2D eigenvalue weighted by Crippen LogP contribution is -2.34. The lowest BCUT2D eigenvalue weighted by atomic mass is 10.2. The maximum Gasteiger partial charge on any atom is 0.272 e. The van der Waals surface area contributed by atoms with E-state index in [1.807, 2.05) is 6.07 Å². The summed E-state index contributed by atoms with van der Waals surface area (Å²) in [6.07, 6.45) is 1.32. The van der Waals surface area contributed by atoms with Crippen molar-refractivity contribution in [2.24, 2.45) is 0 Å². The molecule has 0 bridgehead atoms. The number of carbonyl (C=O) groups excluding carboxylic acids is 1. The molecule has 8 heteroatoms. The average molecular weight is 350 g/mol. The molecule has 118 valence electrons. The zero-order valence-electron chi connectivity index (χ0n) is 12.3. The molecular weight excluding hydrogens is 338 g/mol. The van der Waals surface area contributed by atoms with Gasteiger partial charge in [0, 0.05) is 22.5 Å². The maximum absolute atomic E-state index is 12.7. The Balaban J connectivity index is 2.56. The molecule has 2 rings (SSSR count). The summed E-state index contributed by atoms with van der Waals surface area (Å²) < 4.78 is 17.9. The van der Waals surface area contributed by atoms with Crippen LogP contribution >= 0.6 is 11.6 Å². The standard InChI is InChI=1S/C15H12ClN3O3S/c1-10-7-14(12(8-17)9-18-10)19(23(21)22-2)15(20)11-3-5-13(16)6-4-11/h3-7,9H,1-2H3. The molecule has 1 aromatic carbocycles. The van der Waals surface area contributed by atoms with Crippen molar-refractivity contribution in [2.75, 3.05) is 11.4 Å². The second kappa shape index (κ2) is 7.33. The van der Waals surface area contributed by atoms with Crippen LogP contribution in [0.25, 0.3) is 0 Å². The molecule has 0 aliphatic heterocycles. The fraction of sp³-hybridized carbons (Fsp3) is 0.133. The van der Waals surface area contributed by atoms with Crippen LogP contribution in [0, 0.1) is 18.3 Å². The molecule has 0 saturated heterocycles. The van der Waals surface area contributed by atoms with E-state index in [0.717, 1.165) is 4.31 Å². The number of hydrogen-bond donors (Lipinski definition) is 0. The third-order valence-corrected chi connectivity index (χ3v) is 4.12. The van der Waals surface area contributed by atoms with Crippen molar-refractivity contribution >= 4 is 34.5 Å². The van der Waals surface area contributed by atoms with Gasteiger partial charge < -0.3 is 0 Å². The Morgan fingerprint density at radius 2 is 2.04 bits per heavy atom. The minimum atomic E-state index is -2.10. The maximum atomic E-state index is 12.7. The molecule has 0 radical (unpaired) electrons. The summed E-state index contributed by atoms with van der Waals surface area (Å²) in [5, 5.41) is 9.69. The predicted octanol–water partition coefficient (Wildman–Crippen LogP) is 2.79. The molecule has 0 N–H and O–H groups in total. The van der Waals surface area contributed by atoms with E-state index in [1.54, 1.807) is 19.1 Å². The van der Waals surface area contributed by atoms with E-state index in [1.165, 1.54) is 31.5 Å². The number of amides is 1. The summed E-state index contributed by atoms with van der Waals surface area (Å²) in [6.45, 7) is 1.70. The van der Waals surface area contributed by atoms with Gasteiger partial charge in [0.2, 0.25) is 0 Å². The van der Waals surface area contributed by atoms with Crippen LogP contribution < -0.4 is 4.31 Å². The highest BCUT2D eigenvalue weighted by Gasteiger charge is 2.27. The van der Waals surface area contributed by atoms with E-state index in [9.17, 15) is 14.3 Å². The molecule has 2 aromatic rings. The van der Waals surface area contributed by atoms with Gasteiger partial charge in [-0.15, -0.1) is 0 Å². The van der Waals surface area contributed by atoms with Crippen molar-refractivity contribution in [1.29, 1.82) is 5.26 Å². The van der Waals surface area contributed by atoms with Crippen LogP contribution in [0.3, 0.4) is 0 Å². The number of aromatic nitrogens is 1. The Bertz CT molecular complexity index is 803. The largest absolute Gasteiger partial charge is 0.277 e. The van der Waals surface area contributed by atoms with Gasteiger partial charge in [-0.05, 0) is 37.3 Å². The number of aryl methyl sites for hydroxylation is 1. The van der Waals surface area contributed by atoms with Gasteiger partial charge in [0.05, 0.1) is 18.4 Å². The number of nitrogens with zero attached hydrogens (tertiary/aromatic N) is 3. The highest BCUT2D eigenvalue weighted by Crippen LogP contribution is 2.25. The van der Waals surface area contributed by atoms with Crippen molar-refractivity contribution in [3.05, 3.63) is 58.4 Å². The van der Waals surface area contributed by atoms with Crippen LogP contribution in [-0.4, -0.2) is 22.2 Å². The van der Waals surface area contributed by atoms with E-state index in [2.05, 4.69) is 4.98 Å². The van der Waals surface area contributed by atoms with Gasteiger partial charge in [0.1, 0.15) is 6.07 Å². The molecule has 0 spiro atoms. The normalized spacial score (nSPS) is 11.6. The molecule has 1 amide bonds. The van der Waals surface area contributed by atoms with E-state index in [-0.39, 0.29) is 16.8 Å². The SMILES string of the molecule is COS(=O)N(C(=O)c1ccc(Cl)cc1)c1cc(C)ncc1C#N. The van der Waals surface area contributed by atoms with Gasteiger partial charge in [-0.1, -0.05) is 11.6 Å². The van der Waals surface area contributed by atoms with Crippen LogP contribution in [-0.2, 0) is 15.4 Å². The first-order valence-electron chi connectivity index (χ1n) is 6.41. The Labute approximate surface area is 141 Å². The molecule has 6 nitrogen and oxygen atoms in total. The number of halogens is 1. The number of benzene rings is 1. The monoisotopic (exact) mass is 349 g/mol. The number of hydrogen-bond acceptors (Lipinski definition) is 5. The highest BCUT2D eigenvalue weighted by atomic mass is 35.5. The predicted molar refractivity (Wildman–Crippen MR) is 87.1 cm³/mol. The zero-order valence-corrected chi connectivity index (χ0v) is 13.9. The number of rotatable bonds is 4. The highest BCUT2D eigenvalue weighted by molar-refractivity contribution is 7.82. The minimum absolute atomic E-state index is 0.114. The fourth-order valence-electron chi connectivity index (χ4n) is 1.84. The van der Waals surface area contributed by atoms with Crippen LogP contribution in [0.1, 0.15) is 21.6 Å². The van der Waals surface area contributed by atoms with E-state index in [0.29, 0.717) is 10.7 Å². The summed E-state index contributed by atoms with van der Waals surface area (Å²) in [7, 11) is 1.21. The van der Waals surface area contributed by atoms with Crippen LogP contribution in [0.2, 0.25) is 5.02 Å². The molecule has 23 heavy (non-hydrogen) atoms. The quantitative estimate of drug-likeness (QED) is 0.847. The van der Waals surface area contributed by atoms with E-state index >= 15 is 0 Å². The van der Waals surface area contributed by atoms with Gasteiger partial charge >= 0.3 is 0 Å². The molecular formula is C15H12ClN3O3S. The Morgan fingerprint density at radius 1 is 1.39 bits per heavy atom. The van der Waals surface area contributed by atoms with Gasteiger partial charge in [-0.2, -0.15) is 9.57 Å². The Hall–Kier alpha value is -2.27. The van der Waals surface area contributed by atoms with Crippen molar-refractivity contribution in [3.8, 4) is 6.07 Å². The Kier molecular flexibility index (Phi) is 5.45. The minimum Gasteiger partial charge on any atom is -0.277 e. The van der Waals surface area contributed by atoms with E-state index in [4.69, 9.17) is 15.8 Å². The first-order valence-corrected chi connectivity index (χ1v) is 7.82. The summed E-state index contributed by atoms with van der Waals surface area (Å²) in [4.78, 5) is 16.7. The molecule has 0 saturated carbocycles. The number of pyridine rings is 1. The van der Waals surface area contributed by atoms with Gasteiger partial charge in [-0.3, -0.25) is 14.0 Å². The second-order valence-electron chi connectivity index (χ2n) is 4.44. The molecule has 0 aliphatic rings. The molecule has 1 heterocycles. The number of anilines is 1. The molecule has 1 atom stereocenters. The fourth-order valence-corrected chi connectivity index (χ4v) is 2.67. The van der Waals surface area contributed by atoms with Crippen molar-refractivity contribution in [3.63, 3.8) is 0 Å². The second-order valence-corrected chi connectivity index (χ2v) is 6.01. The van der Waals surface area contributed by atoms with E-state index < -0.39 is 17.2 Å². The van der Waals surface area contributed by atoms with Gasteiger partial charge in [-0.25, -0.2) is 4.21 Å². The van der Waals surface area contributed by atoms with Crippen molar-refractivity contribution in [1.82, 2.24) is 4.98 Å². The summed E-state index contributed by atoms with van der Waals surface area (Å²) in [5.74, 6) is -0.580. The first-order chi connectivity index (χ1) is 11.0. The van der Waals surface area contributed by atoms with Crippen LogP contribution in [0.5, 0.6) is 0 Å². The first kappa shape index (κ1) is 17.1. The van der Waals surface area contributed by atoms with Crippen LogP contribution in [0.4, 0.5) is 5.69 Å². The number of nitriles is 1. The van der Waals surface area contributed by atoms with Gasteiger partial charge in [0.25, 0.3) is 17.2 Å². The smallest absolute Gasteiger partial charge is 0.272 e. The third-order valence-electron chi connectivity index (χ3n) is 2.93. The number of carbonyl (C=O) groups is 1. The topological polar surface area (TPSA) is 83.3 Å². The summed E-state index contributed by atoms with van der Waals surface area (Å²) in [6, 6.07) is 9.54. The lowest BCUT2D eigenvalue weighted by molar-refractivity contribution is 0.100. The molecule has 0 fully saturated rings.